The predicted molar refractivity (Wildman–Crippen MR) is 157 cm³/mol. The molecule has 0 aromatic heterocycles. The van der Waals surface area contributed by atoms with E-state index in [1.807, 2.05) is 0 Å². The number of carbonyl (C=O) groups excluding carboxylic acids is 1. The van der Waals surface area contributed by atoms with Crippen molar-refractivity contribution in [3.63, 3.8) is 0 Å². The second-order valence-electron chi connectivity index (χ2n) is 11.6. The normalized spacial score (nSPS) is 24.6. The Labute approximate surface area is 243 Å². The minimum Gasteiger partial charge on any atom is -0.394 e. The van der Waals surface area contributed by atoms with Crippen molar-refractivity contribution in [2.24, 2.45) is 0 Å². The van der Waals surface area contributed by atoms with Crippen LogP contribution in [0.3, 0.4) is 0 Å². The van der Waals surface area contributed by atoms with Crippen molar-refractivity contribution >= 4 is 5.91 Å². The molecule has 0 aromatic carbocycles. The van der Waals surface area contributed by atoms with Crippen molar-refractivity contribution < 1.29 is 39.8 Å². The van der Waals surface area contributed by atoms with Crippen molar-refractivity contribution in [2.75, 3.05) is 13.2 Å². The van der Waals surface area contributed by atoms with E-state index in [-0.39, 0.29) is 12.5 Å². The summed E-state index contributed by atoms with van der Waals surface area (Å²) >= 11 is 0. The molecule has 1 fully saturated rings. The van der Waals surface area contributed by atoms with Crippen LogP contribution in [0.2, 0.25) is 0 Å². The fourth-order valence-corrected chi connectivity index (χ4v) is 5.22. The van der Waals surface area contributed by atoms with Crippen molar-refractivity contribution in [3.05, 3.63) is 0 Å². The second kappa shape index (κ2) is 23.7. The van der Waals surface area contributed by atoms with Crippen LogP contribution in [0.15, 0.2) is 0 Å². The molecule has 238 valence electrons. The number of rotatable bonds is 25. The van der Waals surface area contributed by atoms with Crippen molar-refractivity contribution in [2.45, 2.75) is 179 Å². The Hall–Kier alpha value is -0.810. The van der Waals surface area contributed by atoms with Gasteiger partial charge in [0.2, 0.25) is 5.91 Å². The number of nitrogens with one attached hydrogen (secondary N) is 1. The molecule has 0 saturated carbocycles. The van der Waals surface area contributed by atoms with Crippen molar-refractivity contribution in [1.82, 2.24) is 5.32 Å². The lowest BCUT2D eigenvalue weighted by molar-refractivity contribution is -0.302. The number of ether oxygens (including phenoxy) is 2. The first-order valence-corrected chi connectivity index (χ1v) is 16.2. The van der Waals surface area contributed by atoms with E-state index in [4.69, 9.17) is 9.47 Å². The summed E-state index contributed by atoms with van der Waals surface area (Å²) in [5.41, 5.74) is 0. The molecule has 40 heavy (non-hydrogen) atoms. The number of carbonyl (C=O) groups is 1. The maximum Gasteiger partial charge on any atom is 0.220 e. The molecule has 0 radical (unpaired) electrons. The highest BCUT2D eigenvalue weighted by Crippen LogP contribution is 2.23. The summed E-state index contributed by atoms with van der Waals surface area (Å²) in [6.07, 6.45) is 13.3. The third-order valence-electron chi connectivity index (χ3n) is 7.96. The maximum absolute atomic E-state index is 12.5. The summed E-state index contributed by atoms with van der Waals surface area (Å²) in [6, 6.07) is -0.705. The standard InChI is InChI=1S/C31H61NO8/c1-3-5-7-8-9-10-11-12-13-14-15-16-17-19-20-25(34)24(32-27(35)21-18-6-4-2)23-39-31-30(38)29(37)28(36)26(22-33)40-31/h24-26,28-31,33-34,36-38H,3-23H2,1-2H3,(H,32,35). The quantitative estimate of drug-likeness (QED) is 0.0892. The van der Waals surface area contributed by atoms with E-state index in [2.05, 4.69) is 19.2 Å². The molecule has 0 aliphatic carbocycles. The van der Waals surface area contributed by atoms with Crippen LogP contribution in [-0.2, 0) is 14.3 Å². The van der Waals surface area contributed by atoms with Gasteiger partial charge < -0.3 is 40.3 Å². The fraction of sp³-hybridized carbons (Fsp3) is 0.968. The Morgan fingerprint density at radius 3 is 1.77 bits per heavy atom. The van der Waals surface area contributed by atoms with Crippen LogP contribution in [0.4, 0.5) is 0 Å². The molecule has 1 saturated heterocycles. The van der Waals surface area contributed by atoms with E-state index >= 15 is 0 Å². The van der Waals surface area contributed by atoms with Crippen LogP contribution in [0.25, 0.3) is 0 Å². The zero-order valence-electron chi connectivity index (χ0n) is 25.4. The summed E-state index contributed by atoms with van der Waals surface area (Å²) in [4.78, 5) is 12.5. The van der Waals surface area contributed by atoms with Crippen molar-refractivity contribution in [1.29, 1.82) is 0 Å². The van der Waals surface area contributed by atoms with Gasteiger partial charge in [0.15, 0.2) is 6.29 Å². The van der Waals surface area contributed by atoms with Crippen LogP contribution in [0.5, 0.6) is 0 Å². The molecule has 0 bridgehead atoms. The van der Waals surface area contributed by atoms with Gasteiger partial charge in [-0.2, -0.15) is 0 Å². The third-order valence-corrected chi connectivity index (χ3v) is 7.96. The molecule has 9 heteroatoms. The topological polar surface area (TPSA) is 149 Å². The van der Waals surface area contributed by atoms with E-state index in [0.29, 0.717) is 12.8 Å². The number of hydrogen-bond donors (Lipinski definition) is 6. The largest absolute Gasteiger partial charge is 0.394 e. The molecule has 7 unspecified atom stereocenters. The molecule has 6 N–H and O–H groups in total. The minimum atomic E-state index is -1.54. The highest BCUT2D eigenvalue weighted by molar-refractivity contribution is 5.76. The summed E-state index contributed by atoms with van der Waals surface area (Å²) in [6.45, 7) is 3.63. The predicted octanol–water partition coefficient (Wildman–Crippen LogP) is 4.10. The van der Waals surface area contributed by atoms with E-state index in [0.717, 1.165) is 38.5 Å². The van der Waals surface area contributed by atoms with Gasteiger partial charge in [0.25, 0.3) is 0 Å². The number of amides is 1. The molecule has 9 nitrogen and oxygen atoms in total. The smallest absolute Gasteiger partial charge is 0.220 e. The van der Waals surface area contributed by atoms with Gasteiger partial charge in [-0.25, -0.2) is 0 Å². The Morgan fingerprint density at radius 2 is 1.25 bits per heavy atom. The fourth-order valence-electron chi connectivity index (χ4n) is 5.22. The molecular formula is C31H61NO8. The molecule has 7 atom stereocenters. The molecule has 0 aromatic rings. The molecule has 1 heterocycles. The summed E-state index contributed by atoms with van der Waals surface area (Å²) < 4.78 is 11.1. The lowest BCUT2D eigenvalue weighted by Crippen LogP contribution is -2.60. The van der Waals surface area contributed by atoms with Gasteiger partial charge in [-0.1, -0.05) is 117 Å². The van der Waals surface area contributed by atoms with E-state index in [1.54, 1.807) is 0 Å². The zero-order valence-corrected chi connectivity index (χ0v) is 25.4. The summed E-state index contributed by atoms with van der Waals surface area (Å²) in [5, 5.41) is 53.4. The van der Waals surface area contributed by atoms with Gasteiger partial charge in [-0.15, -0.1) is 0 Å². The Morgan fingerprint density at radius 1 is 0.750 bits per heavy atom. The maximum atomic E-state index is 12.5. The van der Waals surface area contributed by atoms with Crippen LogP contribution < -0.4 is 5.32 Å². The average Bonchev–Trinajstić information content (AvgIpc) is 2.95. The first kappa shape index (κ1) is 37.2. The van der Waals surface area contributed by atoms with Crippen LogP contribution in [0, 0.1) is 0 Å². The van der Waals surface area contributed by atoms with Gasteiger partial charge in [0.1, 0.15) is 24.4 Å². The zero-order chi connectivity index (χ0) is 29.6. The van der Waals surface area contributed by atoms with Crippen LogP contribution >= 0.6 is 0 Å². The second-order valence-corrected chi connectivity index (χ2v) is 11.6. The number of aliphatic hydroxyl groups excluding tert-OH is 5. The van der Waals surface area contributed by atoms with Gasteiger partial charge >= 0.3 is 0 Å². The Bertz CT molecular complexity index is 608. The van der Waals surface area contributed by atoms with Gasteiger partial charge in [0.05, 0.1) is 25.4 Å². The number of aliphatic hydroxyl groups is 5. The molecular weight excluding hydrogens is 514 g/mol. The Balaban J connectivity index is 2.37. The first-order valence-electron chi connectivity index (χ1n) is 16.2. The number of unbranched alkanes of at least 4 members (excludes halogenated alkanes) is 15. The Kier molecular flexibility index (Phi) is 22.1. The number of hydrogen-bond acceptors (Lipinski definition) is 8. The highest BCUT2D eigenvalue weighted by Gasteiger charge is 2.44. The third kappa shape index (κ3) is 16.0. The minimum absolute atomic E-state index is 0.137. The van der Waals surface area contributed by atoms with E-state index < -0.39 is 49.5 Å². The summed E-state index contributed by atoms with van der Waals surface area (Å²) in [5.74, 6) is -0.170. The van der Waals surface area contributed by atoms with E-state index in [9.17, 15) is 30.3 Å². The van der Waals surface area contributed by atoms with Crippen molar-refractivity contribution in [3.8, 4) is 0 Å². The van der Waals surface area contributed by atoms with E-state index in [1.165, 1.54) is 70.6 Å². The SMILES string of the molecule is CCCCCCCCCCCCCCCCC(O)C(COC1OC(CO)C(O)C(O)C1O)NC(=O)CCCCC. The van der Waals surface area contributed by atoms with Gasteiger partial charge in [-0.05, 0) is 12.8 Å². The molecule has 0 spiro atoms. The van der Waals surface area contributed by atoms with Gasteiger partial charge in [0, 0.05) is 6.42 Å². The highest BCUT2D eigenvalue weighted by atomic mass is 16.7. The van der Waals surface area contributed by atoms with Gasteiger partial charge in [-0.3, -0.25) is 4.79 Å². The lowest BCUT2D eigenvalue weighted by Gasteiger charge is -2.40. The first-order chi connectivity index (χ1) is 19.3. The van der Waals surface area contributed by atoms with Crippen LogP contribution in [0.1, 0.15) is 136 Å². The monoisotopic (exact) mass is 575 g/mol. The molecule has 1 rings (SSSR count). The average molecular weight is 576 g/mol. The van der Waals surface area contributed by atoms with Crippen LogP contribution in [-0.4, -0.2) is 87.5 Å². The molecule has 1 aliphatic heterocycles. The summed E-state index contributed by atoms with van der Waals surface area (Å²) in [7, 11) is 0. The molecule has 1 aliphatic rings. The molecule has 1 amide bonds. The lowest BCUT2D eigenvalue weighted by atomic mass is 9.99.